The lowest BCUT2D eigenvalue weighted by molar-refractivity contribution is -0.274. The van der Waals surface area contributed by atoms with Crippen LogP contribution in [0.25, 0.3) is 5.69 Å². The second-order valence-corrected chi connectivity index (χ2v) is 3.36. The Morgan fingerprint density at radius 3 is 2.37 bits per heavy atom. The molecule has 0 unspecified atom stereocenters. The zero-order chi connectivity index (χ0) is 14.0. The molecule has 0 saturated carbocycles. The van der Waals surface area contributed by atoms with Crippen LogP contribution in [0.3, 0.4) is 0 Å². The van der Waals surface area contributed by atoms with Crippen LogP contribution in [0.1, 0.15) is 10.6 Å². The quantitative estimate of drug-likeness (QED) is 0.923. The molecule has 0 fully saturated rings. The summed E-state index contributed by atoms with van der Waals surface area (Å²) in [5, 5.41) is 12.3. The highest BCUT2D eigenvalue weighted by Gasteiger charge is 2.30. The lowest BCUT2D eigenvalue weighted by atomic mass is 10.3. The molecule has 0 bridgehead atoms. The molecule has 0 radical (unpaired) electrons. The number of nitrogens with zero attached hydrogens (tertiary/aromatic N) is 3. The fourth-order valence-corrected chi connectivity index (χ4v) is 1.29. The zero-order valence-corrected chi connectivity index (χ0v) is 9.13. The van der Waals surface area contributed by atoms with Gasteiger partial charge in [0.2, 0.25) is 0 Å². The molecule has 0 atom stereocenters. The van der Waals surface area contributed by atoms with E-state index in [2.05, 4.69) is 14.8 Å². The zero-order valence-electron chi connectivity index (χ0n) is 9.13. The number of carboxylic acid groups (broad SMARTS) is 1. The van der Waals surface area contributed by atoms with Gasteiger partial charge in [-0.3, -0.25) is 0 Å². The number of aromatic nitrogens is 3. The van der Waals surface area contributed by atoms with Gasteiger partial charge in [-0.15, -0.1) is 18.3 Å². The summed E-state index contributed by atoms with van der Waals surface area (Å²) in [4.78, 5) is 14.1. The molecule has 1 heterocycles. The molecule has 0 aliphatic rings. The summed E-state index contributed by atoms with van der Waals surface area (Å²) in [5.74, 6) is -2.08. The number of carboxylic acids is 1. The standard InChI is InChI=1S/C10H6F3N3O3/c11-10(12,13)19-7-3-1-6(2-4-7)16-5-14-8(15-16)9(17)18/h1-5H,(H,17,18). The Labute approximate surface area is 104 Å². The molecule has 0 spiro atoms. The number of hydrogen-bond donors (Lipinski definition) is 1. The first-order valence-corrected chi connectivity index (χ1v) is 4.86. The molecule has 1 aromatic heterocycles. The summed E-state index contributed by atoms with van der Waals surface area (Å²) < 4.78 is 40.6. The molecule has 19 heavy (non-hydrogen) atoms. The molecular weight excluding hydrogens is 267 g/mol. The minimum absolute atomic E-state index is 0.356. The van der Waals surface area contributed by atoms with Crippen LogP contribution < -0.4 is 4.74 Å². The predicted octanol–water partition coefficient (Wildman–Crippen LogP) is 1.86. The van der Waals surface area contributed by atoms with Crippen molar-refractivity contribution in [1.29, 1.82) is 0 Å². The predicted molar refractivity (Wildman–Crippen MR) is 55.0 cm³/mol. The molecular formula is C10H6F3N3O3. The number of rotatable bonds is 3. The van der Waals surface area contributed by atoms with Crippen LogP contribution in [-0.4, -0.2) is 32.2 Å². The Balaban J connectivity index is 2.20. The minimum Gasteiger partial charge on any atom is -0.475 e. The average Bonchev–Trinajstić information content (AvgIpc) is 2.77. The molecule has 0 aliphatic heterocycles. The molecule has 0 aliphatic carbocycles. The third kappa shape index (κ3) is 3.21. The summed E-state index contributed by atoms with van der Waals surface area (Å²) in [7, 11) is 0. The summed E-state index contributed by atoms with van der Waals surface area (Å²) >= 11 is 0. The van der Waals surface area contributed by atoms with E-state index in [1.165, 1.54) is 12.1 Å². The van der Waals surface area contributed by atoms with Crippen molar-refractivity contribution < 1.29 is 27.8 Å². The SMILES string of the molecule is O=C(O)c1ncn(-c2ccc(OC(F)(F)F)cc2)n1. The topological polar surface area (TPSA) is 77.2 Å². The average molecular weight is 273 g/mol. The summed E-state index contributed by atoms with van der Waals surface area (Å²) in [6.07, 6.45) is -3.62. The van der Waals surface area contributed by atoms with Crippen LogP contribution in [0.15, 0.2) is 30.6 Å². The van der Waals surface area contributed by atoms with Crippen LogP contribution >= 0.6 is 0 Å². The van der Waals surface area contributed by atoms with Crippen molar-refractivity contribution in [2.24, 2.45) is 0 Å². The van der Waals surface area contributed by atoms with Gasteiger partial charge in [0.25, 0.3) is 5.82 Å². The number of benzene rings is 1. The molecule has 0 saturated heterocycles. The molecule has 0 amide bonds. The molecule has 2 rings (SSSR count). The van der Waals surface area contributed by atoms with Crippen molar-refractivity contribution in [3.05, 3.63) is 36.4 Å². The second-order valence-electron chi connectivity index (χ2n) is 3.36. The van der Waals surface area contributed by atoms with Gasteiger partial charge in [0.05, 0.1) is 5.69 Å². The first-order chi connectivity index (χ1) is 8.85. The monoisotopic (exact) mass is 273 g/mol. The Kier molecular flexibility index (Phi) is 3.11. The van der Waals surface area contributed by atoms with E-state index in [-0.39, 0.29) is 5.75 Å². The normalized spacial score (nSPS) is 11.3. The lowest BCUT2D eigenvalue weighted by Gasteiger charge is -2.08. The molecule has 1 N–H and O–H groups in total. The summed E-state index contributed by atoms with van der Waals surface area (Å²) in [6.45, 7) is 0. The van der Waals surface area contributed by atoms with E-state index in [4.69, 9.17) is 5.11 Å². The molecule has 9 heteroatoms. The van der Waals surface area contributed by atoms with Crippen LogP contribution in [0.4, 0.5) is 13.2 Å². The summed E-state index contributed by atoms with van der Waals surface area (Å²) in [6, 6.07) is 4.76. The van der Waals surface area contributed by atoms with Crippen LogP contribution in [0, 0.1) is 0 Å². The van der Waals surface area contributed by atoms with Crippen molar-refractivity contribution >= 4 is 5.97 Å². The van der Waals surface area contributed by atoms with Gasteiger partial charge < -0.3 is 9.84 Å². The number of ether oxygens (including phenoxy) is 1. The maximum absolute atomic E-state index is 11.9. The van der Waals surface area contributed by atoms with E-state index in [1.807, 2.05) is 0 Å². The molecule has 2 aromatic rings. The van der Waals surface area contributed by atoms with Crippen LogP contribution in [-0.2, 0) is 0 Å². The van der Waals surface area contributed by atoms with Crippen molar-refractivity contribution in [3.8, 4) is 11.4 Å². The van der Waals surface area contributed by atoms with E-state index in [0.717, 1.165) is 23.1 Å². The molecule has 1 aromatic carbocycles. The highest BCUT2D eigenvalue weighted by Crippen LogP contribution is 2.23. The van der Waals surface area contributed by atoms with Gasteiger partial charge >= 0.3 is 12.3 Å². The van der Waals surface area contributed by atoms with Gasteiger partial charge in [-0.2, -0.15) is 0 Å². The largest absolute Gasteiger partial charge is 0.573 e. The fourth-order valence-electron chi connectivity index (χ4n) is 1.29. The van der Waals surface area contributed by atoms with Gasteiger partial charge in [-0.25, -0.2) is 14.5 Å². The summed E-state index contributed by atoms with van der Waals surface area (Å²) in [5.41, 5.74) is 0.356. The number of aromatic carboxylic acids is 1. The van der Waals surface area contributed by atoms with Gasteiger partial charge in [-0.05, 0) is 24.3 Å². The highest BCUT2D eigenvalue weighted by atomic mass is 19.4. The first-order valence-electron chi connectivity index (χ1n) is 4.86. The van der Waals surface area contributed by atoms with E-state index in [0.29, 0.717) is 5.69 Å². The Morgan fingerprint density at radius 1 is 1.26 bits per heavy atom. The second kappa shape index (κ2) is 4.59. The number of alkyl halides is 3. The van der Waals surface area contributed by atoms with Gasteiger partial charge in [0.15, 0.2) is 0 Å². The van der Waals surface area contributed by atoms with Crippen LogP contribution in [0.5, 0.6) is 5.75 Å². The maximum Gasteiger partial charge on any atom is 0.573 e. The number of halogens is 3. The maximum atomic E-state index is 11.9. The third-order valence-electron chi connectivity index (χ3n) is 2.02. The van der Waals surface area contributed by atoms with E-state index in [1.54, 1.807) is 0 Å². The van der Waals surface area contributed by atoms with Crippen LogP contribution in [0.2, 0.25) is 0 Å². The number of carbonyl (C=O) groups is 1. The van der Waals surface area contributed by atoms with Crippen molar-refractivity contribution in [2.45, 2.75) is 6.36 Å². The Hall–Kier alpha value is -2.58. The van der Waals surface area contributed by atoms with Crippen molar-refractivity contribution in [3.63, 3.8) is 0 Å². The molecule has 100 valence electrons. The van der Waals surface area contributed by atoms with Gasteiger partial charge in [-0.1, -0.05) is 0 Å². The van der Waals surface area contributed by atoms with Gasteiger partial charge in [0.1, 0.15) is 12.1 Å². The number of hydrogen-bond acceptors (Lipinski definition) is 4. The first kappa shape index (κ1) is 12.9. The van der Waals surface area contributed by atoms with Crippen molar-refractivity contribution in [1.82, 2.24) is 14.8 Å². The third-order valence-corrected chi connectivity index (χ3v) is 2.02. The smallest absolute Gasteiger partial charge is 0.475 e. The fraction of sp³-hybridized carbons (Fsp3) is 0.100. The molecule has 6 nitrogen and oxygen atoms in total. The lowest BCUT2D eigenvalue weighted by Crippen LogP contribution is -2.17. The Morgan fingerprint density at radius 2 is 1.89 bits per heavy atom. The van der Waals surface area contributed by atoms with E-state index >= 15 is 0 Å². The Bertz CT molecular complexity index is 592. The minimum atomic E-state index is -4.76. The highest BCUT2D eigenvalue weighted by molar-refractivity contribution is 5.82. The van der Waals surface area contributed by atoms with Gasteiger partial charge in [0, 0.05) is 0 Å². The van der Waals surface area contributed by atoms with E-state index in [9.17, 15) is 18.0 Å². The van der Waals surface area contributed by atoms with E-state index < -0.39 is 18.2 Å². The van der Waals surface area contributed by atoms with Crippen molar-refractivity contribution in [2.75, 3.05) is 0 Å².